The number of nitrogens with zero attached hydrogens (tertiary/aromatic N) is 1. The molecule has 0 atom stereocenters. The van der Waals surface area contributed by atoms with Gasteiger partial charge in [-0.05, 0) is 24.3 Å². The first kappa shape index (κ1) is 11.7. The Hall–Kier alpha value is -2.80. The monoisotopic (exact) mass is 238 g/mol. The first-order chi connectivity index (χ1) is 8.79. The van der Waals surface area contributed by atoms with Crippen LogP contribution in [0, 0.1) is 11.3 Å². The highest BCUT2D eigenvalue weighted by molar-refractivity contribution is 6.09. The summed E-state index contributed by atoms with van der Waals surface area (Å²) >= 11 is 0. The van der Waals surface area contributed by atoms with Crippen LogP contribution in [0.3, 0.4) is 0 Å². The normalized spacial score (nSPS) is 10.7. The van der Waals surface area contributed by atoms with Crippen molar-refractivity contribution in [3.05, 3.63) is 60.1 Å². The third-order valence-corrected chi connectivity index (χ3v) is 2.23. The number of nitriles is 1. The maximum atomic E-state index is 11.8. The summed E-state index contributed by atoms with van der Waals surface area (Å²) in [7, 11) is 0. The zero-order valence-electron chi connectivity index (χ0n) is 9.46. The molecular formula is C14H10N2O2. The second kappa shape index (κ2) is 5.51. The van der Waals surface area contributed by atoms with Crippen LogP contribution in [0.4, 0.5) is 5.69 Å². The first-order valence-corrected chi connectivity index (χ1v) is 5.31. The second-order valence-corrected chi connectivity index (χ2v) is 3.51. The van der Waals surface area contributed by atoms with E-state index < -0.39 is 5.91 Å². The Labute approximate surface area is 104 Å². The quantitative estimate of drug-likeness (QED) is 0.660. The van der Waals surface area contributed by atoms with Crippen molar-refractivity contribution >= 4 is 17.7 Å². The number of rotatable bonds is 3. The predicted molar refractivity (Wildman–Crippen MR) is 67.4 cm³/mol. The molecule has 1 N–H and O–H groups in total. The number of carbonyl (C=O) groups excluding carboxylic acids is 1. The Morgan fingerprint density at radius 2 is 2.00 bits per heavy atom. The van der Waals surface area contributed by atoms with Crippen molar-refractivity contribution in [1.29, 1.82) is 5.26 Å². The van der Waals surface area contributed by atoms with Crippen molar-refractivity contribution in [2.45, 2.75) is 0 Å². The molecule has 0 aliphatic rings. The van der Waals surface area contributed by atoms with E-state index in [0.717, 1.165) is 0 Å². The molecule has 18 heavy (non-hydrogen) atoms. The highest BCUT2D eigenvalue weighted by atomic mass is 16.3. The van der Waals surface area contributed by atoms with Crippen LogP contribution in [-0.4, -0.2) is 5.91 Å². The van der Waals surface area contributed by atoms with E-state index in [9.17, 15) is 4.79 Å². The molecule has 0 saturated heterocycles. The lowest BCUT2D eigenvalue weighted by Gasteiger charge is -2.02. The lowest BCUT2D eigenvalue weighted by atomic mass is 10.2. The van der Waals surface area contributed by atoms with Crippen molar-refractivity contribution in [2.75, 3.05) is 5.32 Å². The summed E-state index contributed by atoms with van der Waals surface area (Å²) in [6, 6.07) is 14.2. The Balaban J connectivity index is 2.15. The highest BCUT2D eigenvalue weighted by Crippen LogP contribution is 2.11. The number of para-hydroxylation sites is 1. The van der Waals surface area contributed by atoms with E-state index in [1.54, 1.807) is 36.4 Å². The van der Waals surface area contributed by atoms with Gasteiger partial charge in [0.15, 0.2) is 0 Å². The van der Waals surface area contributed by atoms with E-state index in [1.165, 1.54) is 12.3 Å². The summed E-state index contributed by atoms with van der Waals surface area (Å²) in [5.74, 6) is 0.00913. The van der Waals surface area contributed by atoms with Gasteiger partial charge in [-0.15, -0.1) is 0 Å². The van der Waals surface area contributed by atoms with Gasteiger partial charge in [0.1, 0.15) is 17.4 Å². The molecule has 0 spiro atoms. The van der Waals surface area contributed by atoms with Gasteiger partial charge in [0.05, 0.1) is 6.26 Å². The maximum Gasteiger partial charge on any atom is 0.266 e. The smallest absolute Gasteiger partial charge is 0.266 e. The highest BCUT2D eigenvalue weighted by Gasteiger charge is 2.09. The lowest BCUT2D eigenvalue weighted by molar-refractivity contribution is -0.112. The second-order valence-electron chi connectivity index (χ2n) is 3.51. The summed E-state index contributed by atoms with van der Waals surface area (Å²) in [6.45, 7) is 0. The fourth-order valence-electron chi connectivity index (χ4n) is 1.38. The van der Waals surface area contributed by atoms with Gasteiger partial charge in [-0.25, -0.2) is 0 Å². The van der Waals surface area contributed by atoms with Crippen LogP contribution in [0.2, 0.25) is 0 Å². The van der Waals surface area contributed by atoms with E-state index in [0.29, 0.717) is 11.4 Å². The van der Waals surface area contributed by atoms with Crippen molar-refractivity contribution in [1.82, 2.24) is 0 Å². The van der Waals surface area contributed by atoms with E-state index >= 15 is 0 Å². The van der Waals surface area contributed by atoms with Crippen LogP contribution in [0.5, 0.6) is 0 Å². The number of anilines is 1. The minimum absolute atomic E-state index is 0.00574. The summed E-state index contributed by atoms with van der Waals surface area (Å²) in [6.07, 6.45) is 2.88. The van der Waals surface area contributed by atoms with Crippen LogP contribution in [0.1, 0.15) is 5.76 Å². The van der Waals surface area contributed by atoms with E-state index in [4.69, 9.17) is 9.68 Å². The molecular weight excluding hydrogens is 228 g/mol. The van der Waals surface area contributed by atoms with Gasteiger partial charge in [0, 0.05) is 11.8 Å². The standard InChI is InChI=1S/C14H10N2O2/c15-10-11(9-13-7-4-8-18-13)14(17)16-12-5-2-1-3-6-12/h1-9H,(H,16,17)/b11-9-. The fourth-order valence-corrected chi connectivity index (χ4v) is 1.38. The van der Waals surface area contributed by atoms with E-state index in [2.05, 4.69) is 5.32 Å². The topological polar surface area (TPSA) is 66.0 Å². The molecule has 1 heterocycles. The lowest BCUT2D eigenvalue weighted by Crippen LogP contribution is -2.13. The van der Waals surface area contributed by atoms with E-state index in [-0.39, 0.29) is 5.57 Å². The first-order valence-electron chi connectivity index (χ1n) is 5.31. The summed E-state index contributed by atoms with van der Waals surface area (Å²) in [4.78, 5) is 11.8. The predicted octanol–water partition coefficient (Wildman–Crippen LogP) is 2.83. The minimum Gasteiger partial charge on any atom is -0.465 e. The number of furan rings is 1. The summed E-state index contributed by atoms with van der Waals surface area (Å²) in [5.41, 5.74) is 0.636. The van der Waals surface area contributed by atoms with Crippen molar-refractivity contribution in [3.8, 4) is 6.07 Å². The molecule has 0 fully saturated rings. The van der Waals surface area contributed by atoms with Crippen molar-refractivity contribution < 1.29 is 9.21 Å². The Bertz CT molecular complexity index is 592. The molecule has 88 valence electrons. The van der Waals surface area contributed by atoms with Gasteiger partial charge >= 0.3 is 0 Å². The van der Waals surface area contributed by atoms with Gasteiger partial charge in [-0.3, -0.25) is 4.79 Å². The minimum atomic E-state index is -0.458. The molecule has 1 amide bonds. The number of hydrogen-bond acceptors (Lipinski definition) is 3. The van der Waals surface area contributed by atoms with Crippen molar-refractivity contribution in [3.63, 3.8) is 0 Å². The van der Waals surface area contributed by atoms with Crippen LogP contribution in [-0.2, 0) is 4.79 Å². The van der Waals surface area contributed by atoms with Crippen LogP contribution in [0.15, 0.2) is 58.7 Å². The molecule has 0 bridgehead atoms. The van der Waals surface area contributed by atoms with Crippen molar-refractivity contribution in [2.24, 2.45) is 0 Å². The SMILES string of the molecule is N#C/C(=C/c1ccco1)C(=O)Nc1ccccc1. The zero-order valence-corrected chi connectivity index (χ0v) is 9.46. The molecule has 0 radical (unpaired) electrons. The molecule has 0 unspecified atom stereocenters. The third-order valence-electron chi connectivity index (χ3n) is 2.23. The number of hydrogen-bond donors (Lipinski definition) is 1. The van der Waals surface area contributed by atoms with Crippen LogP contribution < -0.4 is 5.32 Å². The molecule has 0 aliphatic heterocycles. The maximum absolute atomic E-state index is 11.8. The molecule has 4 nitrogen and oxygen atoms in total. The zero-order chi connectivity index (χ0) is 12.8. The number of nitrogens with one attached hydrogen (secondary N) is 1. The van der Waals surface area contributed by atoms with Crippen LogP contribution in [0.25, 0.3) is 6.08 Å². The molecule has 0 saturated carbocycles. The van der Waals surface area contributed by atoms with Crippen LogP contribution >= 0.6 is 0 Å². The van der Waals surface area contributed by atoms with Gasteiger partial charge in [-0.1, -0.05) is 18.2 Å². The molecule has 0 aliphatic carbocycles. The third kappa shape index (κ3) is 2.86. The number of carbonyl (C=O) groups is 1. The molecule has 1 aromatic heterocycles. The molecule has 2 rings (SSSR count). The largest absolute Gasteiger partial charge is 0.465 e. The molecule has 4 heteroatoms. The molecule has 1 aromatic carbocycles. The molecule has 2 aromatic rings. The Kier molecular flexibility index (Phi) is 3.57. The fraction of sp³-hybridized carbons (Fsp3) is 0. The summed E-state index contributed by atoms with van der Waals surface area (Å²) in [5, 5.41) is 11.6. The average Bonchev–Trinajstić information content (AvgIpc) is 2.90. The number of amides is 1. The Morgan fingerprint density at radius 3 is 2.61 bits per heavy atom. The number of benzene rings is 1. The Morgan fingerprint density at radius 1 is 1.22 bits per heavy atom. The van der Waals surface area contributed by atoms with Gasteiger partial charge in [0.2, 0.25) is 0 Å². The van der Waals surface area contributed by atoms with E-state index in [1.807, 2.05) is 12.1 Å². The summed E-state index contributed by atoms with van der Waals surface area (Å²) < 4.78 is 5.06. The average molecular weight is 238 g/mol. The van der Waals surface area contributed by atoms with Gasteiger partial charge in [0.25, 0.3) is 5.91 Å². The van der Waals surface area contributed by atoms with Gasteiger partial charge < -0.3 is 9.73 Å². The van der Waals surface area contributed by atoms with Gasteiger partial charge in [-0.2, -0.15) is 5.26 Å².